The lowest BCUT2D eigenvalue weighted by molar-refractivity contribution is 0.275. The van der Waals surface area contributed by atoms with Gasteiger partial charge in [-0.25, -0.2) is 8.70 Å². The van der Waals surface area contributed by atoms with Gasteiger partial charge in [0, 0.05) is 37.5 Å². The highest BCUT2D eigenvalue weighted by molar-refractivity contribution is 7.97. The van der Waals surface area contributed by atoms with Crippen LogP contribution in [-0.2, 0) is 6.61 Å². The van der Waals surface area contributed by atoms with Gasteiger partial charge in [0.2, 0.25) is 0 Å². The number of benzene rings is 1. The normalized spacial score (nSPS) is 16.9. The number of hydrogen-bond acceptors (Lipinski definition) is 4. The number of rotatable bonds is 5. The minimum Gasteiger partial charge on any atom is -0.392 e. The maximum Gasteiger partial charge on any atom is 0.151 e. The largest absolute Gasteiger partial charge is 0.392 e. The molecule has 0 aliphatic carbocycles. The molecule has 2 rings (SSSR count). The highest BCUT2D eigenvalue weighted by Crippen LogP contribution is 2.25. The minimum absolute atomic E-state index is 0.244. The summed E-state index contributed by atoms with van der Waals surface area (Å²) in [6.45, 7) is 5.51. The predicted octanol–water partition coefficient (Wildman–Crippen LogP) is 2.50. The molecule has 0 saturated carbocycles. The smallest absolute Gasteiger partial charge is 0.151 e. The fourth-order valence-electron chi connectivity index (χ4n) is 2.21. The van der Waals surface area contributed by atoms with E-state index >= 15 is 0 Å². The van der Waals surface area contributed by atoms with Gasteiger partial charge < -0.3 is 10.0 Å². The van der Waals surface area contributed by atoms with Crippen LogP contribution in [0, 0.1) is 5.82 Å². The first-order chi connectivity index (χ1) is 9.26. The fourth-order valence-corrected chi connectivity index (χ4v) is 3.07. The molecule has 0 bridgehead atoms. The summed E-state index contributed by atoms with van der Waals surface area (Å²) in [5, 5.41) is 9.11. The van der Waals surface area contributed by atoms with E-state index in [1.54, 1.807) is 12.1 Å². The zero-order chi connectivity index (χ0) is 13.7. The number of aliphatic hydroxyl groups is 1. The van der Waals surface area contributed by atoms with E-state index in [0.29, 0.717) is 11.3 Å². The van der Waals surface area contributed by atoms with E-state index < -0.39 is 0 Å². The first-order valence-electron chi connectivity index (χ1n) is 6.77. The Bertz CT molecular complexity index is 408. The van der Waals surface area contributed by atoms with Crippen LogP contribution in [0.4, 0.5) is 10.1 Å². The lowest BCUT2D eigenvalue weighted by Gasteiger charge is -2.35. The van der Waals surface area contributed by atoms with Crippen molar-refractivity contribution in [1.29, 1.82) is 0 Å². The van der Waals surface area contributed by atoms with E-state index in [1.165, 1.54) is 6.42 Å². The third-order valence-electron chi connectivity index (χ3n) is 3.29. The Hall–Kier alpha value is -0.780. The van der Waals surface area contributed by atoms with E-state index in [-0.39, 0.29) is 12.4 Å². The zero-order valence-corrected chi connectivity index (χ0v) is 12.1. The van der Waals surface area contributed by atoms with Crippen LogP contribution in [0.1, 0.15) is 18.9 Å². The third-order valence-corrected chi connectivity index (χ3v) is 4.61. The number of aliphatic hydroxyl groups excluding tert-OH is 1. The van der Waals surface area contributed by atoms with Gasteiger partial charge in [0.25, 0.3) is 0 Å². The van der Waals surface area contributed by atoms with E-state index in [2.05, 4.69) is 16.1 Å². The number of nitrogens with zero attached hydrogens (tertiary/aromatic N) is 2. The van der Waals surface area contributed by atoms with Gasteiger partial charge in [-0.05, 0) is 12.5 Å². The van der Waals surface area contributed by atoms with E-state index in [4.69, 9.17) is 5.11 Å². The summed E-state index contributed by atoms with van der Waals surface area (Å²) in [6, 6.07) is 5.23. The molecule has 1 N–H and O–H groups in total. The van der Waals surface area contributed by atoms with Crippen molar-refractivity contribution in [2.24, 2.45) is 0 Å². The third kappa shape index (κ3) is 3.61. The molecule has 5 heteroatoms. The second kappa shape index (κ2) is 7.12. The number of hydrogen-bond donors (Lipinski definition) is 1. The average molecular weight is 284 g/mol. The van der Waals surface area contributed by atoms with Crippen molar-refractivity contribution in [2.75, 3.05) is 36.8 Å². The highest BCUT2D eigenvalue weighted by atomic mass is 32.2. The Morgan fingerprint density at radius 2 is 2.00 bits per heavy atom. The fraction of sp³-hybridized carbons (Fsp3) is 0.571. The van der Waals surface area contributed by atoms with Gasteiger partial charge in [-0.1, -0.05) is 31.0 Å². The second-order valence-corrected chi connectivity index (χ2v) is 5.84. The van der Waals surface area contributed by atoms with Gasteiger partial charge in [-0.3, -0.25) is 0 Å². The van der Waals surface area contributed by atoms with E-state index in [1.807, 2.05) is 18.0 Å². The second-order valence-electron chi connectivity index (χ2n) is 4.66. The zero-order valence-electron chi connectivity index (χ0n) is 11.3. The Morgan fingerprint density at radius 1 is 1.26 bits per heavy atom. The van der Waals surface area contributed by atoms with Crippen molar-refractivity contribution >= 4 is 17.6 Å². The first-order valence-corrected chi connectivity index (χ1v) is 7.71. The molecule has 0 aromatic heterocycles. The van der Waals surface area contributed by atoms with Crippen LogP contribution in [0.2, 0.25) is 0 Å². The van der Waals surface area contributed by atoms with Crippen molar-refractivity contribution in [2.45, 2.75) is 20.0 Å². The minimum atomic E-state index is -0.278. The molecule has 1 aliphatic rings. The van der Waals surface area contributed by atoms with Crippen LogP contribution in [0.15, 0.2) is 18.2 Å². The number of halogens is 1. The summed E-state index contributed by atoms with van der Waals surface area (Å²) < 4.78 is 16.5. The summed E-state index contributed by atoms with van der Waals surface area (Å²) in [5.41, 5.74) is 0.993. The van der Waals surface area contributed by atoms with Crippen molar-refractivity contribution in [3.8, 4) is 0 Å². The van der Waals surface area contributed by atoms with Gasteiger partial charge in [0.05, 0.1) is 12.3 Å². The van der Waals surface area contributed by atoms with Gasteiger partial charge in [0.15, 0.2) is 5.82 Å². The molecule has 0 spiro atoms. The molecule has 1 saturated heterocycles. The molecule has 3 nitrogen and oxygen atoms in total. The SMILES string of the molecule is CCCSN1CCN(c2cccc(CO)c2F)CC1. The van der Waals surface area contributed by atoms with Gasteiger partial charge in [0.1, 0.15) is 0 Å². The molecule has 0 atom stereocenters. The molecular weight excluding hydrogens is 263 g/mol. The Balaban J connectivity index is 1.98. The van der Waals surface area contributed by atoms with Gasteiger partial charge in [-0.2, -0.15) is 0 Å². The molecule has 1 aromatic carbocycles. The van der Waals surface area contributed by atoms with Crippen molar-refractivity contribution < 1.29 is 9.50 Å². The Kier molecular flexibility index (Phi) is 5.48. The molecular formula is C14H21FN2OS. The van der Waals surface area contributed by atoms with Gasteiger partial charge in [-0.15, -0.1) is 0 Å². The van der Waals surface area contributed by atoms with Crippen LogP contribution in [0.3, 0.4) is 0 Å². The van der Waals surface area contributed by atoms with Crippen LogP contribution in [0.25, 0.3) is 0 Å². The van der Waals surface area contributed by atoms with Crippen LogP contribution < -0.4 is 4.90 Å². The standard InChI is InChI=1S/C14H21FN2OS/c1-2-10-19-17-8-6-16(7-9-17)13-5-3-4-12(11-18)14(13)15/h3-5,18H,2,6-11H2,1H3. The lowest BCUT2D eigenvalue weighted by atomic mass is 10.1. The van der Waals surface area contributed by atoms with E-state index in [0.717, 1.165) is 31.9 Å². The summed E-state index contributed by atoms with van der Waals surface area (Å²) in [7, 11) is 0. The van der Waals surface area contributed by atoms with E-state index in [9.17, 15) is 4.39 Å². The molecule has 1 aromatic rings. The predicted molar refractivity (Wildman–Crippen MR) is 78.9 cm³/mol. The highest BCUT2D eigenvalue weighted by Gasteiger charge is 2.20. The Labute approximate surface area is 118 Å². The molecule has 19 heavy (non-hydrogen) atoms. The molecule has 1 fully saturated rings. The molecule has 0 amide bonds. The van der Waals surface area contributed by atoms with Gasteiger partial charge >= 0.3 is 0 Å². The topological polar surface area (TPSA) is 26.7 Å². The van der Waals surface area contributed by atoms with Crippen LogP contribution >= 0.6 is 11.9 Å². The molecule has 0 unspecified atom stereocenters. The van der Waals surface area contributed by atoms with Crippen LogP contribution in [-0.4, -0.2) is 41.3 Å². The number of anilines is 1. The lowest BCUT2D eigenvalue weighted by Crippen LogP contribution is -2.44. The quantitative estimate of drug-likeness (QED) is 0.841. The summed E-state index contributed by atoms with van der Waals surface area (Å²) in [6.07, 6.45) is 1.18. The summed E-state index contributed by atoms with van der Waals surface area (Å²) in [4.78, 5) is 2.07. The average Bonchev–Trinajstić information content (AvgIpc) is 2.46. The summed E-state index contributed by atoms with van der Waals surface area (Å²) in [5.74, 6) is 0.869. The Morgan fingerprint density at radius 3 is 2.63 bits per heavy atom. The first kappa shape index (κ1) is 14.6. The molecule has 1 heterocycles. The van der Waals surface area contributed by atoms with Crippen molar-refractivity contribution in [3.05, 3.63) is 29.6 Å². The number of piperazine rings is 1. The maximum absolute atomic E-state index is 14.1. The maximum atomic E-state index is 14.1. The summed E-state index contributed by atoms with van der Waals surface area (Å²) >= 11 is 1.88. The van der Waals surface area contributed by atoms with Crippen molar-refractivity contribution in [1.82, 2.24) is 4.31 Å². The molecule has 0 radical (unpaired) electrons. The van der Waals surface area contributed by atoms with Crippen molar-refractivity contribution in [3.63, 3.8) is 0 Å². The molecule has 1 aliphatic heterocycles. The van der Waals surface area contributed by atoms with Crippen LogP contribution in [0.5, 0.6) is 0 Å². The molecule has 106 valence electrons. The monoisotopic (exact) mass is 284 g/mol.